The minimum atomic E-state index is -0.584. The summed E-state index contributed by atoms with van der Waals surface area (Å²) < 4.78 is 1.87. The number of thiophene rings is 1. The molecule has 5 rings (SSSR count). The highest BCUT2D eigenvalue weighted by Crippen LogP contribution is 2.31. The maximum atomic E-state index is 13.4. The molecule has 2 aromatic heterocycles. The highest BCUT2D eigenvalue weighted by atomic mass is 32.1. The molecular weight excluding hydrogens is 470 g/mol. The number of para-hydroxylation sites is 1. The molecule has 8 heteroatoms. The van der Waals surface area contributed by atoms with Crippen LogP contribution in [0, 0.1) is 13.8 Å². The fraction of sp³-hybridized carbons (Fsp3) is 0.250. The molecule has 1 aliphatic heterocycles. The molecule has 3 heterocycles. The number of hydrogen-bond acceptors (Lipinski definition) is 5. The predicted octanol–water partition coefficient (Wildman–Crippen LogP) is 3.93. The molecular formula is C28H29N5O2S. The molecule has 2 atom stereocenters. The first-order valence-corrected chi connectivity index (χ1v) is 12.9. The van der Waals surface area contributed by atoms with E-state index in [0.29, 0.717) is 13.1 Å². The minimum absolute atomic E-state index is 0.106. The van der Waals surface area contributed by atoms with Gasteiger partial charge in [-0.05, 0) is 43.0 Å². The highest BCUT2D eigenvalue weighted by molar-refractivity contribution is 7.10. The van der Waals surface area contributed by atoms with Gasteiger partial charge in [0.1, 0.15) is 6.04 Å². The maximum Gasteiger partial charge on any atom is 0.242 e. The molecule has 7 nitrogen and oxygen atoms in total. The lowest BCUT2D eigenvalue weighted by molar-refractivity contribution is -0.132. The van der Waals surface area contributed by atoms with Gasteiger partial charge in [0.2, 0.25) is 11.8 Å². The van der Waals surface area contributed by atoms with Gasteiger partial charge in [-0.1, -0.05) is 54.6 Å². The van der Waals surface area contributed by atoms with Crippen molar-refractivity contribution in [1.29, 1.82) is 0 Å². The van der Waals surface area contributed by atoms with Crippen LogP contribution in [0.2, 0.25) is 0 Å². The Morgan fingerprint density at radius 2 is 1.81 bits per heavy atom. The van der Waals surface area contributed by atoms with E-state index in [1.807, 2.05) is 102 Å². The molecule has 184 valence electrons. The molecule has 2 amide bonds. The Kier molecular flexibility index (Phi) is 6.97. The molecule has 2 aromatic carbocycles. The van der Waals surface area contributed by atoms with Crippen molar-refractivity contribution in [2.45, 2.75) is 25.9 Å². The highest BCUT2D eigenvalue weighted by Gasteiger charge is 2.36. The number of carbonyl (C=O) groups is 2. The van der Waals surface area contributed by atoms with E-state index in [4.69, 9.17) is 5.10 Å². The molecule has 2 N–H and O–H groups in total. The summed E-state index contributed by atoms with van der Waals surface area (Å²) in [6.07, 6.45) is 0. The summed E-state index contributed by atoms with van der Waals surface area (Å²) in [6.45, 7) is 5.09. The summed E-state index contributed by atoms with van der Waals surface area (Å²) in [5.41, 5.74) is 4.49. The van der Waals surface area contributed by atoms with E-state index < -0.39 is 6.04 Å². The number of amides is 2. The van der Waals surface area contributed by atoms with Crippen molar-refractivity contribution in [3.8, 4) is 5.69 Å². The van der Waals surface area contributed by atoms with Gasteiger partial charge in [0.25, 0.3) is 0 Å². The minimum Gasteiger partial charge on any atom is -0.353 e. The number of hydrogen-bond donors (Lipinski definition) is 2. The van der Waals surface area contributed by atoms with Gasteiger partial charge in [-0.2, -0.15) is 5.10 Å². The third kappa shape index (κ3) is 4.82. The Bertz CT molecular complexity index is 1340. The van der Waals surface area contributed by atoms with Crippen molar-refractivity contribution in [2.75, 3.05) is 19.6 Å². The van der Waals surface area contributed by atoms with Crippen LogP contribution in [-0.2, 0) is 9.59 Å². The zero-order valence-electron chi connectivity index (χ0n) is 20.3. The van der Waals surface area contributed by atoms with Crippen LogP contribution in [0.25, 0.3) is 5.69 Å². The molecule has 0 saturated carbocycles. The standard InChI is InChI=1S/C28H29N5O2S/c1-19-25(20(2)33(31-19)22-12-7-4-8-13-22)27-28(35)29-15-16-32(27)18-24(34)30-26(23-14-9-17-36-23)21-10-5-3-6-11-21/h3-14,17,26-27H,15-16,18H2,1-2H3,(H,29,35)(H,30,34). The Morgan fingerprint density at radius 1 is 1.08 bits per heavy atom. The fourth-order valence-electron chi connectivity index (χ4n) is 4.88. The van der Waals surface area contributed by atoms with Crippen LogP contribution in [0.4, 0.5) is 0 Å². The topological polar surface area (TPSA) is 79.3 Å². The fourth-order valence-corrected chi connectivity index (χ4v) is 5.68. The van der Waals surface area contributed by atoms with Crippen molar-refractivity contribution in [3.05, 3.63) is 106 Å². The molecule has 0 spiro atoms. The van der Waals surface area contributed by atoms with Crippen molar-refractivity contribution < 1.29 is 9.59 Å². The molecule has 1 saturated heterocycles. The molecule has 0 radical (unpaired) electrons. The number of aryl methyl sites for hydroxylation is 1. The lowest BCUT2D eigenvalue weighted by Crippen LogP contribution is -2.53. The second kappa shape index (κ2) is 10.5. The van der Waals surface area contributed by atoms with E-state index in [0.717, 1.165) is 33.1 Å². The quantitative estimate of drug-likeness (QED) is 0.404. The Hall–Kier alpha value is -3.75. The van der Waals surface area contributed by atoms with Crippen molar-refractivity contribution in [1.82, 2.24) is 25.3 Å². The average Bonchev–Trinajstić information content (AvgIpc) is 3.52. The maximum absolute atomic E-state index is 13.4. The lowest BCUT2D eigenvalue weighted by atomic mass is 10.00. The van der Waals surface area contributed by atoms with Crippen molar-refractivity contribution in [3.63, 3.8) is 0 Å². The predicted molar refractivity (Wildman–Crippen MR) is 141 cm³/mol. The van der Waals surface area contributed by atoms with Crippen LogP contribution in [0.15, 0.2) is 78.2 Å². The Morgan fingerprint density at radius 3 is 2.50 bits per heavy atom. The van der Waals surface area contributed by atoms with Gasteiger partial charge in [0.15, 0.2) is 0 Å². The summed E-state index contributed by atoms with van der Waals surface area (Å²) in [5, 5.41) is 12.9. The number of benzene rings is 2. The molecule has 0 aliphatic carbocycles. The third-order valence-corrected chi connectivity index (χ3v) is 7.48. The van der Waals surface area contributed by atoms with Gasteiger partial charge >= 0.3 is 0 Å². The van der Waals surface area contributed by atoms with E-state index in [1.165, 1.54) is 0 Å². The van der Waals surface area contributed by atoms with Crippen LogP contribution >= 0.6 is 11.3 Å². The zero-order chi connectivity index (χ0) is 25.1. The van der Waals surface area contributed by atoms with Gasteiger partial charge in [-0.15, -0.1) is 11.3 Å². The number of rotatable bonds is 7. The van der Waals surface area contributed by atoms with E-state index in [-0.39, 0.29) is 24.4 Å². The number of piperazine rings is 1. The Labute approximate surface area is 214 Å². The summed E-state index contributed by atoms with van der Waals surface area (Å²) in [7, 11) is 0. The summed E-state index contributed by atoms with van der Waals surface area (Å²) in [6, 6.07) is 23.0. The normalized spacial score (nSPS) is 16.9. The molecule has 0 bridgehead atoms. The van der Waals surface area contributed by atoms with Crippen LogP contribution in [0.3, 0.4) is 0 Å². The van der Waals surface area contributed by atoms with E-state index in [1.54, 1.807) is 11.3 Å². The van der Waals surface area contributed by atoms with Crippen LogP contribution < -0.4 is 10.6 Å². The number of aromatic nitrogens is 2. The van der Waals surface area contributed by atoms with Crippen LogP contribution in [0.5, 0.6) is 0 Å². The van der Waals surface area contributed by atoms with Crippen molar-refractivity contribution in [2.24, 2.45) is 0 Å². The monoisotopic (exact) mass is 499 g/mol. The largest absolute Gasteiger partial charge is 0.353 e. The molecule has 2 unspecified atom stereocenters. The van der Waals surface area contributed by atoms with Gasteiger partial charge in [0.05, 0.1) is 24.0 Å². The van der Waals surface area contributed by atoms with E-state index >= 15 is 0 Å². The van der Waals surface area contributed by atoms with Gasteiger partial charge in [-0.3, -0.25) is 14.5 Å². The summed E-state index contributed by atoms with van der Waals surface area (Å²) >= 11 is 1.61. The SMILES string of the molecule is Cc1nn(-c2ccccc2)c(C)c1C1C(=O)NCCN1CC(=O)NC(c1ccccc1)c1cccs1. The Balaban J connectivity index is 1.41. The molecule has 1 aliphatic rings. The van der Waals surface area contributed by atoms with Gasteiger partial charge in [0, 0.05) is 29.2 Å². The average molecular weight is 500 g/mol. The zero-order valence-corrected chi connectivity index (χ0v) is 21.2. The number of nitrogens with zero attached hydrogens (tertiary/aromatic N) is 3. The molecule has 1 fully saturated rings. The van der Waals surface area contributed by atoms with Crippen molar-refractivity contribution >= 4 is 23.2 Å². The van der Waals surface area contributed by atoms with Gasteiger partial charge in [-0.25, -0.2) is 4.68 Å². The summed E-state index contributed by atoms with van der Waals surface area (Å²) in [4.78, 5) is 29.5. The van der Waals surface area contributed by atoms with Gasteiger partial charge < -0.3 is 10.6 Å². The summed E-state index contributed by atoms with van der Waals surface area (Å²) in [5.74, 6) is -0.228. The third-order valence-electron chi connectivity index (χ3n) is 6.55. The first-order valence-electron chi connectivity index (χ1n) is 12.0. The number of nitrogens with one attached hydrogen (secondary N) is 2. The molecule has 4 aromatic rings. The van der Waals surface area contributed by atoms with E-state index in [9.17, 15) is 9.59 Å². The lowest BCUT2D eigenvalue weighted by Gasteiger charge is -2.35. The van der Waals surface area contributed by atoms with E-state index in [2.05, 4.69) is 10.6 Å². The first kappa shape index (κ1) is 24.0. The smallest absolute Gasteiger partial charge is 0.242 e. The molecule has 36 heavy (non-hydrogen) atoms. The second-order valence-corrected chi connectivity index (χ2v) is 9.90. The first-order chi connectivity index (χ1) is 17.5. The van der Waals surface area contributed by atoms with Crippen LogP contribution in [-0.4, -0.2) is 46.1 Å². The second-order valence-electron chi connectivity index (χ2n) is 8.92. The van der Waals surface area contributed by atoms with Crippen LogP contribution in [0.1, 0.15) is 39.5 Å². The number of carbonyl (C=O) groups excluding carboxylic acids is 2.